The molecular formula is C13H13N3O5. The fourth-order valence-electron chi connectivity index (χ4n) is 2.11. The molecule has 0 aliphatic carbocycles. The van der Waals surface area contributed by atoms with E-state index in [4.69, 9.17) is 9.47 Å². The summed E-state index contributed by atoms with van der Waals surface area (Å²) < 4.78 is 10.4. The molecule has 8 nitrogen and oxygen atoms in total. The minimum absolute atomic E-state index is 0.0951. The van der Waals surface area contributed by atoms with Gasteiger partial charge >= 0.3 is 6.03 Å². The van der Waals surface area contributed by atoms with Crippen molar-refractivity contribution >= 4 is 17.8 Å². The summed E-state index contributed by atoms with van der Waals surface area (Å²) in [6.07, 6.45) is -0.0951. The van der Waals surface area contributed by atoms with Crippen LogP contribution >= 0.6 is 0 Å². The maximum atomic E-state index is 11.8. The summed E-state index contributed by atoms with van der Waals surface area (Å²) in [6.45, 7) is 0.499. The van der Waals surface area contributed by atoms with Crippen LogP contribution in [0.3, 0.4) is 0 Å². The average molecular weight is 291 g/mol. The van der Waals surface area contributed by atoms with Gasteiger partial charge in [-0.25, -0.2) is 4.79 Å². The zero-order valence-electron chi connectivity index (χ0n) is 11.0. The highest BCUT2D eigenvalue weighted by molar-refractivity contribution is 6.05. The monoisotopic (exact) mass is 291 g/mol. The van der Waals surface area contributed by atoms with E-state index in [0.717, 1.165) is 5.56 Å². The average Bonchev–Trinajstić information content (AvgIpc) is 3.02. The van der Waals surface area contributed by atoms with E-state index in [2.05, 4.69) is 16.0 Å². The van der Waals surface area contributed by atoms with Crippen molar-refractivity contribution in [1.29, 1.82) is 0 Å². The van der Waals surface area contributed by atoms with Crippen molar-refractivity contribution in [3.63, 3.8) is 0 Å². The molecule has 1 aromatic carbocycles. The number of carbonyl (C=O) groups excluding carboxylic acids is 3. The van der Waals surface area contributed by atoms with Gasteiger partial charge in [0.15, 0.2) is 11.5 Å². The summed E-state index contributed by atoms with van der Waals surface area (Å²) in [4.78, 5) is 34.0. The molecule has 21 heavy (non-hydrogen) atoms. The summed E-state index contributed by atoms with van der Waals surface area (Å²) in [6, 6.07) is 3.99. The largest absolute Gasteiger partial charge is 0.454 e. The maximum absolute atomic E-state index is 11.8. The van der Waals surface area contributed by atoms with Crippen LogP contribution < -0.4 is 25.4 Å². The van der Waals surface area contributed by atoms with Gasteiger partial charge in [-0.15, -0.1) is 0 Å². The Hall–Kier alpha value is -2.77. The Morgan fingerprint density at radius 3 is 2.86 bits per heavy atom. The molecule has 4 amide bonds. The smallest absolute Gasteiger partial charge is 0.322 e. The number of urea groups is 1. The molecule has 1 fully saturated rings. The predicted octanol–water partition coefficient (Wildman–Crippen LogP) is -0.370. The molecule has 110 valence electrons. The number of nitrogens with one attached hydrogen (secondary N) is 3. The molecule has 1 aromatic rings. The van der Waals surface area contributed by atoms with Crippen LogP contribution in [0.25, 0.3) is 0 Å². The van der Waals surface area contributed by atoms with E-state index in [1.807, 2.05) is 6.07 Å². The highest BCUT2D eigenvalue weighted by atomic mass is 16.7. The van der Waals surface area contributed by atoms with E-state index in [-0.39, 0.29) is 19.1 Å². The number of carbonyl (C=O) groups is 3. The highest BCUT2D eigenvalue weighted by Gasteiger charge is 2.31. The van der Waals surface area contributed by atoms with E-state index in [0.29, 0.717) is 18.0 Å². The van der Waals surface area contributed by atoms with Crippen LogP contribution in [-0.2, 0) is 16.1 Å². The van der Waals surface area contributed by atoms with Gasteiger partial charge in [0, 0.05) is 6.54 Å². The van der Waals surface area contributed by atoms with Gasteiger partial charge in [0.1, 0.15) is 6.04 Å². The molecule has 0 aromatic heterocycles. The van der Waals surface area contributed by atoms with Crippen LogP contribution in [0.2, 0.25) is 0 Å². The minimum atomic E-state index is -0.811. The zero-order valence-corrected chi connectivity index (χ0v) is 11.0. The number of imide groups is 1. The maximum Gasteiger partial charge on any atom is 0.322 e. The third-order valence-corrected chi connectivity index (χ3v) is 3.17. The summed E-state index contributed by atoms with van der Waals surface area (Å²) in [5, 5.41) is 7.13. The van der Waals surface area contributed by atoms with Crippen molar-refractivity contribution in [3.8, 4) is 11.5 Å². The lowest BCUT2D eigenvalue weighted by atomic mass is 10.1. The third-order valence-electron chi connectivity index (χ3n) is 3.17. The molecule has 2 aliphatic rings. The van der Waals surface area contributed by atoms with Gasteiger partial charge in [0.05, 0.1) is 6.42 Å². The number of hydrogen-bond donors (Lipinski definition) is 3. The Morgan fingerprint density at radius 2 is 2.10 bits per heavy atom. The lowest BCUT2D eigenvalue weighted by Crippen LogP contribution is -2.36. The molecule has 1 atom stereocenters. The normalized spacial score (nSPS) is 19.1. The van der Waals surface area contributed by atoms with Crippen molar-refractivity contribution < 1.29 is 23.9 Å². The summed E-state index contributed by atoms with van der Waals surface area (Å²) in [5.41, 5.74) is 0.854. The van der Waals surface area contributed by atoms with Crippen molar-refractivity contribution in [2.24, 2.45) is 0 Å². The van der Waals surface area contributed by atoms with Gasteiger partial charge in [0.25, 0.3) is 5.91 Å². The fraction of sp³-hybridized carbons (Fsp3) is 0.308. The van der Waals surface area contributed by atoms with Crippen LogP contribution in [0.1, 0.15) is 12.0 Å². The Bertz CT molecular complexity index is 616. The number of hydrogen-bond acceptors (Lipinski definition) is 5. The third kappa shape index (κ3) is 2.88. The number of fused-ring (bicyclic) bond motifs is 1. The second kappa shape index (κ2) is 5.31. The van der Waals surface area contributed by atoms with Crippen molar-refractivity contribution in [2.45, 2.75) is 19.0 Å². The minimum Gasteiger partial charge on any atom is -0.454 e. The molecule has 0 saturated carbocycles. The van der Waals surface area contributed by atoms with Crippen LogP contribution in [-0.4, -0.2) is 30.7 Å². The first-order valence-corrected chi connectivity index (χ1v) is 6.38. The molecule has 3 N–H and O–H groups in total. The fourth-order valence-corrected chi connectivity index (χ4v) is 2.11. The summed E-state index contributed by atoms with van der Waals surface area (Å²) >= 11 is 0. The first kappa shape index (κ1) is 13.2. The van der Waals surface area contributed by atoms with Crippen molar-refractivity contribution in [2.75, 3.05) is 6.79 Å². The molecule has 3 rings (SSSR count). The predicted molar refractivity (Wildman–Crippen MR) is 69.5 cm³/mol. The first-order chi connectivity index (χ1) is 10.1. The number of rotatable bonds is 4. The second-order valence-corrected chi connectivity index (χ2v) is 4.68. The second-order valence-electron chi connectivity index (χ2n) is 4.68. The van der Waals surface area contributed by atoms with Crippen molar-refractivity contribution in [1.82, 2.24) is 16.0 Å². The summed E-state index contributed by atoms with van der Waals surface area (Å²) in [7, 11) is 0. The van der Waals surface area contributed by atoms with E-state index in [1.54, 1.807) is 12.1 Å². The lowest BCUT2D eigenvalue weighted by molar-refractivity contribution is -0.126. The standard InChI is InChI=1S/C13H13N3O5/c17-11(4-8-12(18)16-13(19)15-8)14-5-7-1-2-9-10(3-7)21-6-20-9/h1-3,8H,4-6H2,(H,14,17)(H2,15,16,18,19). The summed E-state index contributed by atoms with van der Waals surface area (Å²) in [5.74, 6) is 0.507. The van der Waals surface area contributed by atoms with Crippen LogP contribution in [0.5, 0.6) is 11.5 Å². The zero-order chi connectivity index (χ0) is 14.8. The lowest BCUT2D eigenvalue weighted by Gasteiger charge is -2.09. The van der Waals surface area contributed by atoms with E-state index < -0.39 is 18.0 Å². The van der Waals surface area contributed by atoms with E-state index in [1.165, 1.54) is 0 Å². The van der Waals surface area contributed by atoms with E-state index in [9.17, 15) is 14.4 Å². The van der Waals surface area contributed by atoms with Crippen molar-refractivity contribution in [3.05, 3.63) is 23.8 Å². The molecule has 8 heteroatoms. The Morgan fingerprint density at radius 1 is 1.29 bits per heavy atom. The molecule has 0 bridgehead atoms. The Kier molecular flexibility index (Phi) is 3.35. The van der Waals surface area contributed by atoms with Gasteiger partial charge < -0.3 is 20.1 Å². The van der Waals surface area contributed by atoms with Crippen LogP contribution in [0.15, 0.2) is 18.2 Å². The molecular weight excluding hydrogens is 278 g/mol. The highest BCUT2D eigenvalue weighted by Crippen LogP contribution is 2.32. The molecule has 1 saturated heterocycles. The Labute approximate surface area is 119 Å². The quantitative estimate of drug-likeness (QED) is 0.656. The van der Waals surface area contributed by atoms with Gasteiger partial charge in [-0.1, -0.05) is 6.07 Å². The number of ether oxygens (including phenoxy) is 2. The number of amides is 4. The molecule has 2 aliphatic heterocycles. The SMILES string of the molecule is O=C(CC1NC(=O)NC1=O)NCc1ccc2c(c1)OCO2. The van der Waals surface area contributed by atoms with Crippen LogP contribution in [0.4, 0.5) is 4.79 Å². The molecule has 1 unspecified atom stereocenters. The van der Waals surface area contributed by atoms with Gasteiger partial charge in [0.2, 0.25) is 12.7 Å². The molecule has 0 spiro atoms. The molecule has 2 heterocycles. The first-order valence-electron chi connectivity index (χ1n) is 6.38. The van der Waals surface area contributed by atoms with Crippen LogP contribution in [0, 0.1) is 0 Å². The Balaban J connectivity index is 1.52. The van der Waals surface area contributed by atoms with Gasteiger partial charge in [-0.05, 0) is 17.7 Å². The number of benzene rings is 1. The van der Waals surface area contributed by atoms with E-state index >= 15 is 0 Å². The van der Waals surface area contributed by atoms with Gasteiger partial charge in [-0.2, -0.15) is 0 Å². The van der Waals surface area contributed by atoms with Gasteiger partial charge in [-0.3, -0.25) is 14.9 Å². The topological polar surface area (TPSA) is 106 Å². The molecule has 0 radical (unpaired) electrons.